The number of amides is 1. The predicted octanol–water partition coefficient (Wildman–Crippen LogP) is 2.60. The molecule has 0 unspecified atom stereocenters. The van der Waals surface area contributed by atoms with Crippen LogP contribution in [0.25, 0.3) is 0 Å². The highest BCUT2D eigenvalue weighted by Crippen LogP contribution is 2.26. The zero-order chi connectivity index (χ0) is 14.7. The topological polar surface area (TPSA) is 77.2 Å². The quantitative estimate of drug-likeness (QED) is 0.517. The lowest BCUT2D eigenvalue weighted by Crippen LogP contribution is -2.29. The maximum absolute atomic E-state index is 11.3. The number of rotatable bonds is 4. The number of carbonyl (C=O) groups is 1. The van der Waals surface area contributed by atoms with E-state index in [4.69, 9.17) is 22.2 Å². The van der Waals surface area contributed by atoms with Crippen molar-refractivity contribution in [1.29, 1.82) is 0 Å². The number of carbonyl (C=O) groups excluding carboxylic acids is 1. The van der Waals surface area contributed by atoms with Gasteiger partial charge >= 0.3 is 0 Å². The van der Waals surface area contributed by atoms with E-state index in [-0.39, 0.29) is 6.61 Å². The molecular weight excluding hydrogens is 298 g/mol. The maximum atomic E-state index is 11.3. The van der Waals surface area contributed by atoms with Gasteiger partial charge in [-0.1, -0.05) is 11.6 Å². The number of halogens is 1. The average Bonchev–Trinajstić information content (AvgIpc) is 2.90. The van der Waals surface area contributed by atoms with Crippen molar-refractivity contribution in [3.8, 4) is 5.75 Å². The number of thiazole rings is 1. The molecule has 20 heavy (non-hydrogen) atoms. The minimum atomic E-state index is -0.403. The van der Waals surface area contributed by atoms with E-state index in [1.165, 1.54) is 11.3 Å². The van der Waals surface area contributed by atoms with E-state index in [9.17, 15) is 4.79 Å². The SMILES string of the molecule is Cc1cc(OCc2csc(C(=O)NN)n2)cc(C)c1Cl. The summed E-state index contributed by atoms with van der Waals surface area (Å²) in [5.41, 5.74) is 4.65. The lowest BCUT2D eigenvalue weighted by atomic mass is 10.1. The second-order valence-corrected chi connectivity index (χ2v) is 5.51. The Hall–Kier alpha value is -1.63. The Morgan fingerprint density at radius 1 is 1.45 bits per heavy atom. The second kappa shape index (κ2) is 6.21. The third-order valence-corrected chi connectivity index (χ3v) is 4.16. The Morgan fingerprint density at radius 3 is 2.70 bits per heavy atom. The summed E-state index contributed by atoms with van der Waals surface area (Å²) in [5.74, 6) is 5.37. The molecule has 0 spiro atoms. The molecule has 7 heteroatoms. The van der Waals surface area contributed by atoms with E-state index in [1.54, 1.807) is 5.38 Å². The van der Waals surface area contributed by atoms with Crippen LogP contribution in [-0.4, -0.2) is 10.9 Å². The van der Waals surface area contributed by atoms with Crippen LogP contribution in [0.3, 0.4) is 0 Å². The number of ether oxygens (including phenoxy) is 1. The van der Waals surface area contributed by atoms with Crippen molar-refractivity contribution < 1.29 is 9.53 Å². The zero-order valence-electron chi connectivity index (χ0n) is 11.1. The van der Waals surface area contributed by atoms with Crippen LogP contribution in [0, 0.1) is 13.8 Å². The minimum absolute atomic E-state index is 0.287. The number of nitrogen functional groups attached to an aromatic ring is 1. The molecule has 0 fully saturated rings. The third-order valence-electron chi connectivity index (χ3n) is 2.67. The van der Waals surface area contributed by atoms with Gasteiger partial charge < -0.3 is 4.74 Å². The van der Waals surface area contributed by atoms with E-state index in [0.717, 1.165) is 21.9 Å². The van der Waals surface area contributed by atoms with Crippen LogP contribution < -0.4 is 16.0 Å². The highest BCUT2D eigenvalue weighted by molar-refractivity contribution is 7.11. The van der Waals surface area contributed by atoms with Gasteiger partial charge in [0.05, 0.1) is 5.69 Å². The number of hydrogen-bond acceptors (Lipinski definition) is 5. The minimum Gasteiger partial charge on any atom is -0.487 e. The van der Waals surface area contributed by atoms with Crippen LogP contribution in [0.15, 0.2) is 17.5 Å². The molecule has 5 nitrogen and oxygen atoms in total. The molecule has 0 aliphatic rings. The Kier molecular flexibility index (Phi) is 4.59. The fraction of sp³-hybridized carbons (Fsp3) is 0.231. The molecule has 1 amide bonds. The summed E-state index contributed by atoms with van der Waals surface area (Å²) in [6.07, 6.45) is 0. The molecule has 2 aromatic rings. The highest BCUT2D eigenvalue weighted by atomic mass is 35.5. The molecule has 1 aromatic carbocycles. The van der Waals surface area contributed by atoms with Crippen molar-refractivity contribution in [1.82, 2.24) is 10.4 Å². The summed E-state index contributed by atoms with van der Waals surface area (Å²) in [6, 6.07) is 3.74. The van der Waals surface area contributed by atoms with Gasteiger partial charge in [-0.2, -0.15) is 0 Å². The molecule has 106 valence electrons. The van der Waals surface area contributed by atoms with Gasteiger partial charge in [-0.3, -0.25) is 10.2 Å². The molecule has 1 heterocycles. The Morgan fingerprint density at radius 2 is 2.10 bits per heavy atom. The summed E-state index contributed by atoms with van der Waals surface area (Å²) >= 11 is 7.32. The molecule has 0 bridgehead atoms. The van der Waals surface area contributed by atoms with Crippen molar-refractivity contribution in [3.63, 3.8) is 0 Å². The zero-order valence-corrected chi connectivity index (χ0v) is 12.6. The summed E-state index contributed by atoms with van der Waals surface area (Å²) < 4.78 is 5.66. The van der Waals surface area contributed by atoms with Crippen molar-refractivity contribution in [3.05, 3.63) is 44.4 Å². The first-order valence-corrected chi connectivity index (χ1v) is 7.12. The third kappa shape index (κ3) is 3.27. The number of nitrogens with two attached hydrogens (primary N) is 1. The van der Waals surface area contributed by atoms with Gasteiger partial charge in [-0.05, 0) is 37.1 Å². The number of hydrogen-bond donors (Lipinski definition) is 2. The Labute approximate surface area is 125 Å². The van der Waals surface area contributed by atoms with E-state index < -0.39 is 5.91 Å². The molecule has 3 N–H and O–H groups in total. The van der Waals surface area contributed by atoms with Crippen LogP contribution in [0.5, 0.6) is 5.75 Å². The highest BCUT2D eigenvalue weighted by Gasteiger charge is 2.10. The number of aryl methyl sites for hydroxylation is 2. The first-order chi connectivity index (χ1) is 9.51. The summed E-state index contributed by atoms with van der Waals surface area (Å²) in [6.45, 7) is 4.14. The molecule has 0 saturated carbocycles. The van der Waals surface area contributed by atoms with Crippen LogP contribution in [0.1, 0.15) is 26.6 Å². The van der Waals surface area contributed by atoms with E-state index >= 15 is 0 Å². The van der Waals surface area contributed by atoms with Gasteiger partial charge in [-0.15, -0.1) is 11.3 Å². The fourth-order valence-corrected chi connectivity index (χ4v) is 2.50. The summed E-state index contributed by atoms with van der Waals surface area (Å²) in [5, 5.41) is 2.82. The van der Waals surface area contributed by atoms with Crippen molar-refractivity contribution in [2.75, 3.05) is 0 Å². The number of benzene rings is 1. The normalized spacial score (nSPS) is 10.4. The molecule has 2 rings (SSSR count). The fourth-order valence-electron chi connectivity index (χ4n) is 1.69. The molecule has 0 aliphatic carbocycles. The van der Waals surface area contributed by atoms with Crippen molar-refractivity contribution in [2.45, 2.75) is 20.5 Å². The number of nitrogens with one attached hydrogen (secondary N) is 1. The van der Waals surface area contributed by atoms with Gasteiger partial charge in [0.15, 0.2) is 5.01 Å². The van der Waals surface area contributed by atoms with Gasteiger partial charge in [0.25, 0.3) is 5.91 Å². The van der Waals surface area contributed by atoms with Crippen LogP contribution >= 0.6 is 22.9 Å². The Bertz CT molecular complexity index is 619. The molecule has 0 atom stereocenters. The van der Waals surface area contributed by atoms with Crippen LogP contribution in [0.2, 0.25) is 5.02 Å². The van der Waals surface area contributed by atoms with Gasteiger partial charge in [-0.25, -0.2) is 10.8 Å². The standard InChI is InChI=1S/C13H14ClN3O2S/c1-7-3-10(4-8(2)11(7)14)19-5-9-6-20-13(16-9)12(18)17-15/h3-4,6H,5,15H2,1-2H3,(H,17,18). The van der Waals surface area contributed by atoms with Crippen LogP contribution in [-0.2, 0) is 6.61 Å². The predicted molar refractivity (Wildman–Crippen MR) is 79.0 cm³/mol. The lowest BCUT2D eigenvalue weighted by Gasteiger charge is -2.08. The van der Waals surface area contributed by atoms with Gasteiger partial charge in [0.1, 0.15) is 12.4 Å². The molecular formula is C13H14ClN3O2S. The number of aromatic nitrogens is 1. The second-order valence-electron chi connectivity index (χ2n) is 4.28. The smallest absolute Gasteiger partial charge is 0.294 e. The van der Waals surface area contributed by atoms with E-state index in [0.29, 0.717) is 10.7 Å². The summed E-state index contributed by atoms with van der Waals surface area (Å²) in [7, 11) is 0. The first-order valence-electron chi connectivity index (χ1n) is 5.86. The van der Waals surface area contributed by atoms with Crippen molar-refractivity contribution >= 4 is 28.8 Å². The number of nitrogens with zero attached hydrogens (tertiary/aromatic N) is 1. The molecule has 0 aliphatic heterocycles. The maximum Gasteiger partial charge on any atom is 0.294 e. The largest absolute Gasteiger partial charge is 0.487 e. The lowest BCUT2D eigenvalue weighted by molar-refractivity contribution is 0.0953. The van der Waals surface area contributed by atoms with Gasteiger partial charge in [0.2, 0.25) is 0 Å². The summed E-state index contributed by atoms with van der Waals surface area (Å²) in [4.78, 5) is 15.4. The van der Waals surface area contributed by atoms with Gasteiger partial charge in [0, 0.05) is 10.4 Å². The molecule has 0 saturated heterocycles. The molecule has 1 aromatic heterocycles. The van der Waals surface area contributed by atoms with E-state index in [1.807, 2.05) is 31.4 Å². The van der Waals surface area contributed by atoms with E-state index in [2.05, 4.69) is 4.98 Å². The van der Waals surface area contributed by atoms with Crippen LogP contribution in [0.4, 0.5) is 0 Å². The molecule has 0 radical (unpaired) electrons. The monoisotopic (exact) mass is 311 g/mol. The Balaban J connectivity index is 2.05. The van der Waals surface area contributed by atoms with Crippen molar-refractivity contribution in [2.24, 2.45) is 5.84 Å². The number of hydrazine groups is 1. The first kappa shape index (κ1) is 14.8. The average molecular weight is 312 g/mol.